The van der Waals surface area contributed by atoms with Crippen LogP contribution in [0.25, 0.3) is 0 Å². The van der Waals surface area contributed by atoms with Gasteiger partial charge >= 0.3 is 0 Å². The van der Waals surface area contributed by atoms with Crippen LogP contribution in [-0.2, 0) is 0 Å². The van der Waals surface area contributed by atoms with Gasteiger partial charge in [-0.1, -0.05) is 0 Å². The monoisotopic (exact) mass is 293 g/mol. The zero-order valence-corrected chi connectivity index (χ0v) is 9.74. The lowest BCUT2D eigenvalue weighted by Crippen LogP contribution is -1.96. The van der Waals surface area contributed by atoms with Crippen LogP contribution in [0.5, 0.6) is 0 Å². The number of rotatable bonds is 2. The maximum Gasteiger partial charge on any atom is 0.104 e. The van der Waals surface area contributed by atoms with Crippen molar-refractivity contribution in [2.24, 2.45) is 4.76 Å². The first-order chi connectivity index (χ1) is 5.74. The fraction of sp³-hybridized carbons (Fsp3) is 0.143. The van der Waals surface area contributed by atoms with E-state index in [4.69, 9.17) is 5.73 Å². The standard InChI is InChI=1S/C7H9IN3P/c1-5-2-6(9)7(10-3-5)4-11-12-8/h2-4,12H,9H2,1H3/b11-4+. The molecule has 1 unspecified atom stereocenters. The summed E-state index contributed by atoms with van der Waals surface area (Å²) in [5, 5.41) is 0. The molecule has 0 saturated heterocycles. The normalized spacial score (nSPS) is 11.8. The van der Waals surface area contributed by atoms with E-state index < -0.39 is 0 Å². The summed E-state index contributed by atoms with van der Waals surface area (Å²) >= 11 is 2.19. The summed E-state index contributed by atoms with van der Waals surface area (Å²) in [7, 11) is 0. The van der Waals surface area contributed by atoms with Gasteiger partial charge < -0.3 is 5.73 Å². The number of anilines is 1. The minimum atomic E-state index is 0.521. The highest BCUT2D eigenvalue weighted by molar-refractivity contribution is 14.2. The number of aromatic nitrogens is 1. The number of hydrogen-bond donors (Lipinski definition) is 1. The van der Waals surface area contributed by atoms with Crippen LogP contribution >= 0.6 is 28.4 Å². The summed E-state index contributed by atoms with van der Waals surface area (Å²) in [4.78, 5) is 4.14. The Bertz CT molecular complexity index is 301. The first-order valence-corrected chi connectivity index (χ1v) is 7.41. The molecule has 0 saturated carbocycles. The molecule has 0 radical (unpaired) electrons. The predicted molar refractivity (Wildman–Crippen MR) is 63.3 cm³/mol. The maximum absolute atomic E-state index is 5.71. The highest BCUT2D eigenvalue weighted by atomic mass is 127. The molecule has 12 heavy (non-hydrogen) atoms. The third kappa shape index (κ3) is 2.68. The third-order valence-corrected chi connectivity index (χ3v) is 2.38. The van der Waals surface area contributed by atoms with Gasteiger partial charge in [-0.3, -0.25) is 9.75 Å². The molecule has 1 atom stereocenters. The minimum Gasteiger partial charge on any atom is -0.397 e. The average Bonchev–Trinajstić information content (AvgIpc) is 2.03. The SMILES string of the molecule is Cc1cnc(/C=N/PI)c(N)c1. The largest absolute Gasteiger partial charge is 0.397 e. The molecule has 2 N–H and O–H groups in total. The van der Waals surface area contributed by atoms with E-state index in [2.05, 4.69) is 31.8 Å². The second-order valence-electron chi connectivity index (χ2n) is 2.33. The number of hydrogen-bond acceptors (Lipinski definition) is 3. The number of nitrogens with two attached hydrogens (primary N) is 1. The summed E-state index contributed by atoms with van der Waals surface area (Å²) in [5.74, 6) is 0. The zero-order valence-electron chi connectivity index (χ0n) is 6.58. The average molecular weight is 293 g/mol. The molecular formula is C7H9IN3P. The molecule has 1 aromatic heterocycles. The van der Waals surface area contributed by atoms with E-state index in [0.29, 0.717) is 12.1 Å². The lowest BCUT2D eigenvalue weighted by Gasteiger charge is -1.98. The second-order valence-corrected chi connectivity index (χ2v) is 4.20. The Morgan fingerprint density at radius 3 is 3.08 bits per heavy atom. The van der Waals surface area contributed by atoms with Gasteiger partial charge in [0.1, 0.15) is 5.69 Å². The van der Waals surface area contributed by atoms with Crippen molar-refractivity contribution in [3.8, 4) is 0 Å². The first kappa shape index (κ1) is 9.86. The molecule has 1 aromatic rings. The summed E-state index contributed by atoms with van der Waals surface area (Å²) in [6, 6.07) is 1.89. The smallest absolute Gasteiger partial charge is 0.104 e. The Labute approximate surface area is 86.2 Å². The lowest BCUT2D eigenvalue weighted by atomic mass is 10.2. The molecule has 0 bridgehead atoms. The van der Waals surface area contributed by atoms with Gasteiger partial charge in [0.2, 0.25) is 0 Å². The molecule has 1 heterocycles. The highest BCUT2D eigenvalue weighted by Gasteiger charge is 1.96. The van der Waals surface area contributed by atoms with Crippen molar-refractivity contribution in [3.05, 3.63) is 23.5 Å². The summed E-state index contributed by atoms with van der Waals surface area (Å²) in [6.45, 7) is 1.96. The highest BCUT2D eigenvalue weighted by Crippen LogP contribution is 2.21. The first-order valence-electron chi connectivity index (χ1n) is 3.35. The summed E-state index contributed by atoms with van der Waals surface area (Å²) in [6.07, 6.45) is 4.01. The van der Waals surface area contributed by atoms with E-state index in [1.807, 2.05) is 13.0 Å². The molecule has 0 spiro atoms. The molecular weight excluding hydrogens is 284 g/mol. The van der Waals surface area contributed by atoms with Gasteiger partial charge in [0.05, 0.1) is 18.3 Å². The van der Waals surface area contributed by atoms with Crippen molar-refractivity contribution >= 4 is 40.3 Å². The summed E-state index contributed by atoms with van der Waals surface area (Å²) < 4.78 is 4.08. The zero-order chi connectivity index (χ0) is 8.97. The Morgan fingerprint density at radius 1 is 1.75 bits per heavy atom. The van der Waals surface area contributed by atoms with Crippen LogP contribution in [0, 0.1) is 6.92 Å². The fourth-order valence-corrected chi connectivity index (χ4v) is 1.38. The number of nitrogen functional groups attached to an aromatic ring is 1. The van der Waals surface area contributed by atoms with Gasteiger partial charge in [-0.15, -0.1) is 0 Å². The van der Waals surface area contributed by atoms with E-state index in [0.717, 1.165) is 11.3 Å². The van der Waals surface area contributed by atoms with Crippen LogP contribution in [0.2, 0.25) is 0 Å². The van der Waals surface area contributed by atoms with E-state index >= 15 is 0 Å². The molecule has 0 aliphatic carbocycles. The third-order valence-electron chi connectivity index (χ3n) is 1.32. The van der Waals surface area contributed by atoms with Gasteiger partial charge in [0.25, 0.3) is 0 Å². The van der Waals surface area contributed by atoms with Crippen LogP contribution in [0.15, 0.2) is 17.0 Å². The van der Waals surface area contributed by atoms with Gasteiger partial charge in [0, 0.05) is 6.20 Å². The van der Waals surface area contributed by atoms with Crippen LogP contribution in [0.3, 0.4) is 0 Å². The van der Waals surface area contributed by atoms with Crippen molar-refractivity contribution in [3.63, 3.8) is 0 Å². The van der Waals surface area contributed by atoms with Crippen LogP contribution in [0.1, 0.15) is 11.3 Å². The molecule has 64 valence electrons. The maximum atomic E-state index is 5.71. The van der Waals surface area contributed by atoms with Crippen molar-refractivity contribution in [1.82, 2.24) is 4.98 Å². The number of halogens is 1. The number of aryl methyl sites for hydroxylation is 1. The molecule has 0 amide bonds. The minimum absolute atomic E-state index is 0.521. The van der Waals surface area contributed by atoms with Crippen LogP contribution < -0.4 is 5.73 Å². The summed E-state index contributed by atoms with van der Waals surface area (Å²) in [5.41, 5.74) is 8.22. The Balaban J connectivity index is 2.94. The Hall–Kier alpha value is -0.220. The fourth-order valence-electron chi connectivity index (χ4n) is 0.796. The topological polar surface area (TPSA) is 51.3 Å². The molecule has 3 nitrogen and oxygen atoms in total. The predicted octanol–water partition coefficient (Wildman–Crippen LogP) is 2.33. The Morgan fingerprint density at radius 2 is 2.50 bits per heavy atom. The van der Waals surface area contributed by atoms with Gasteiger partial charge in [-0.05, 0) is 40.6 Å². The van der Waals surface area contributed by atoms with Crippen molar-refractivity contribution in [1.29, 1.82) is 0 Å². The Kier molecular flexibility index (Phi) is 3.88. The molecule has 0 aliphatic rings. The van der Waals surface area contributed by atoms with Gasteiger partial charge in [-0.25, -0.2) is 0 Å². The number of pyridine rings is 1. The second kappa shape index (κ2) is 4.72. The van der Waals surface area contributed by atoms with E-state index in [1.165, 1.54) is 0 Å². The van der Waals surface area contributed by atoms with Crippen molar-refractivity contribution in [2.45, 2.75) is 6.92 Å². The molecule has 0 aliphatic heterocycles. The van der Waals surface area contributed by atoms with E-state index in [9.17, 15) is 0 Å². The molecule has 0 aromatic carbocycles. The van der Waals surface area contributed by atoms with Crippen molar-refractivity contribution in [2.75, 3.05) is 5.73 Å². The lowest BCUT2D eigenvalue weighted by molar-refractivity contribution is 1.26. The van der Waals surface area contributed by atoms with E-state index in [-0.39, 0.29) is 0 Å². The molecule has 0 fully saturated rings. The quantitative estimate of drug-likeness (QED) is 0.517. The molecule has 5 heteroatoms. The number of nitrogens with zero attached hydrogens (tertiary/aromatic N) is 2. The van der Waals surface area contributed by atoms with Gasteiger partial charge in [0.15, 0.2) is 0 Å². The van der Waals surface area contributed by atoms with Crippen LogP contribution in [-0.4, -0.2) is 11.2 Å². The van der Waals surface area contributed by atoms with Crippen molar-refractivity contribution < 1.29 is 0 Å². The van der Waals surface area contributed by atoms with Gasteiger partial charge in [-0.2, -0.15) is 0 Å². The van der Waals surface area contributed by atoms with Crippen LogP contribution in [0.4, 0.5) is 5.69 Å². The molecule has 1 rings (SSSR count). The van der Waals surface area contributed by atoms with E-state index in [1.54, 1.807) is 12.4 Å².